The second kappa shape index (κ2) is 10.6. The van der Waals surface area contributed by atoms with Crippen molar-refractivity contribution in [3.8, 4) is 5.75 Å². The van der Waals surface area contributed by atoms with E-state index in [4.69, 9.17) is 4.74 Å². The number of carbonyl (C=O) groups is 1. The fraction of sp³-hybridized carbons (Fsp3) is 0.429. The number of hydrogen-bond donors (Lipinski definition) is 1. The van der Waals surface area contributed by atoms with E-state index in [9.17, 15) is 18.0 Å². The fourth-order valence-electron chi connectivity index (χ4n) is 5.38. The van der Waals surface area contributed by atoms with Gasteiger partial charge in [-0.2, -0.15) is 18.3 Å². The van der Waals surface area contributed by atoms with E-state index in [1.165, 1.54) is 18.9 Å². The van der Waals surface area contributed by atoms with Crippen molar-refractivity contribution in [1.29, 1.82) is 0 Å². The molecule has 3 heterocycles. The molecule has 1 saturated heterocycles. The molecule has 9 heteroatoms. The van der Waals surface area contributed by atoms with E-state index in [0.717, 1.165) is 37.2 Å². The van der Waals surface area contributed by atoms with Gasteiger partial charge in [0.05, 0.1) is 24.9 Å². The maximum atomic E-state index is 14.0. The molecule has 0 radical (unpaired) electrons. The van der Waals surface area contributed by atoms with E-state index in [1.807, 2.05) is 18.2 Å². The van der Waals surface area contributed by atoms with Crippen molar-refractivity contribution < 1.29 is 22.7 Å². The maximum Gasteiger partial charge on any atom is 0.410 e. The fourth-order valence-corrected chi connectivity index (χ4v) is 5.38. The molecule has 2 aliphatic heterocycles. The second-order valence-electron chi connectivity index (χ2n) is 9.95. The molecule has 0 amide bonds. The lowest BCUT2D eigenvalue weighted by Gasteiger charge is -2.34. The van der Waals surface area contributed by atoms with Crippen LogP contribution in [0.15, 0.2) is 60.8 Å². The van der Waals surface area contributed by atoms with E-state index < -0.39 is 18.3 Å². The molecule has 2 unspecified atom stereocenters. The molecule has 37 heavy (non-hydrogen) atoms. The van der Waals surface area contributed by atoms with Crippen LogP contribution in [0.5, 0.6) is 5.75 Å². The normalized spacial score (nSPS) is 20.8. The van der Waals surface area contributed by atoms with Crippen LogP contribution in [0.1, 0.15) is 59.3 Å². The average Bonchev–Trinajstić information content (AvgIpc) is 3.33. The number of likely N-dealkylation sites (tertiary alicyclic amines) is 1. The van der Waals surface area contributed by atoms with E-state index >= 15 is 0 Å². The third-order valence-corrected chi connectivity index (χ3v) is 7.49. The topological polar surface area (TPSA) is 59.4 Å². The highest BCUT2D eigenvalue weighted by molar-refractivity contribution is 6.00. The van der Waals surface area contributed by atoms with Crippen LogP contribution in [0.25, 0.3) is 0 Å². The van der Waals surface area contributed by atoms with E-state index in [2.05, 4.69) is 27.4 Å². The number of aromatic nitrogens is 2. The molecule has 2 aromatic carbocycles. The van der Waals surface area contributed by atoms with Crippen LogP contribution in [0.4, 0.5) is 19.0 Å². The maximum absolute atomic E-state index is 14.0. The minimum atomic E-state index is -4.49. The molecular formula is C28H31F3N4O2. The summed E-state index contributed by atoms with van der Waals surface area (Å²) in [5, 5.41) is 7.20. The number of ether oxygens (including phenoxy) is 1. The number of anilines is 1. The van der Waals surface area contributed by atoms with E-state index in [1.54, 1.807) is 24.3 Å². The summed E-state index contributed by atoms with van der Waals surface area (Å²) >= 11 is 0. The van der Waals surface area contributed by atoms with Crippen molar-refractivity contribution in [2.24, 2.45) is 5.92 Å². The van der Waals surface area contributed by atoms with Crippen LogP contribution >= 0.6 is 0 Å². The quantitative estimate of drug-likeness (QED) is 0.392. The number of nitrogens with zero attached hydrogens (tertiary/aromatic N) is 3. The monoisotopic (exact) mass is 512 g/mol. The smallest absolute Gasteiger partial charge is 0.410 e. The number of piperidine rings is 1. The second-order valence-corrected chi connectivity index (χ2v) is 9.95. The minimum absolute atomic E-state index is 0.154. The highest BCUT2D eigenvalue weighted by Gasteiger charge is 2.47. The Labute approximate surface area is 214 Å². The zero-order valence-corrected chi connectivity index (χ0v) is 20.7. The van der Waals surface area contributed by atoms with Crippen LogP contribution in [-0.4, -0.2) is 46.8 Å². The van der Waals surface area contributed by atoms with Gasteiger partial charge in [0, 0.05) is 19.4 Å². The van der Waals surface area contributed by atoms with Crippen molar-refractivity contribution in [2.75, 3.05) is 25.5 Å². The first-order chi connectivity index (χ1) is 17.8. The SMILES string of the molecule is COc1ccc(C2CC(C(F)(F)F)n3ncc(C(=O)CC4CCN(Cc5ccccc5)CC4)c3N2)cc1. The molecule has 0 saturated carbocycles. The average molecular weight is 513 g/mol. The first-order valence-electron chi connectivity index (χ1n) is 12.7. The molecule has 3 aromatic rings. The lowest BCUT2D eigenvalue weighted by atomic mass is 9.89. The highest BCUT2D eigenvalue weighted by Crippen LogP contribution is 2.44. The number of carbonyl (C=O) groups excluding carboxylic acids is 1. The molecule has 2 aliphatic rings. The molecule has 5 rings (SSSR count). The van der Waals surface area contributed by atoms with Gasteiger partial charge in [-0.1, -0.05) is 42.5 Å². The minimum Gasteiger partial charge on any atom is -0.497 e. The van der Waals surface area contributed by atoms with Crippen molar-refractivity contribution in [3.63, 3.8) is 0 Å². The predicted octanol–water partition coefficient (Wildman–Crippen LogP) is 6.04. The van der Waals surface area contributed by atoms with Crippen LogP contribution in [-0.2, 0) is 6.54 Å². The van der Waals surface area contributed by atoms with Crippen LogP contribution in [0.3, 0.4) is 0 Å². The standard InChI is InChI=1S/C28H31F3N4O2/c1-37-22-9-7-21(8-10-22)24-16-26(28(29,30)31)35-27(33-24)23(17-32-35)25(36)15-19-11-13-34(14-12-19)18-20-5-3-2-4-6-20/h2-10,17,19,24,26,33H,11-16,18H2,1H3. The molecule has 0 spiro atoms. The molecule has 196 valence electrons. The summed E-state index contributed by atoms with van der Waals surface area (Å²) < 4.78 is 48.1. The Bertz CT molecular complexity index is 1200. The summed E-state index contributed by atoms with van der Waals surface area (Å²) in [4.78, 5) is 15.7. The van der Waals surface area contributed by atoms with Crippen molar-refractivity contribution >= 4 is 11.6 Å². The van der Waals surface area contributed by atoms with Crippen LogP contribution in [0.2, 0.25) is 0 Å². The number of nitrogens with one attached hydrogen (secondary N) is 1. The van der Waals surface area contributed by atoms with Gasteiger partial charge in [-0.25, -0.2) is 4.68 Å². The first-order valence-corrected chi connectivity index (χ1v) is 12.7. The van der Waals surface area contributed by atoms with Gasteiger partial charge in [-0.3, -0.25) is 9.69 Å². The molecule has 1 fully saturated rings. The molecule has 1 aromatic heterocycles. The van der Waals surface area contributed by atoms with Gasteiger partial charge >= 0.3 is 6.18 Å². The summed E-state index contributed by atoms with van der Waals surface area (Å²) in [5.74, 6) is 0.824. The molecule has 1 N–H and O–H groups in total. The number of alkyl halides is 3. The third kappa shape index (κ3) is 5.66. The van der Waals surface area contributed by atoms with Crippen molar-refractivity contribution in [2.45, 2.75) is 50.5 Å². The van der Waals surface area contributed by atoms with E-state index in [-0.39, 0.29) is 29.5 Å². The predicted molar refractivity (Wildman–Crippen MR) is 135 cm³/mol. The molecule has 6 nitrogen and oxygen atoms in total. The van der Waals surface area contributed by atoms with Gasteiger partial charge in [0.1, 0.15) is 11.6 Å². The number of halogens is 3. The number of hydrogen-bond acceptors (Lipinski definition) is 5. The zero-order chi connectivity index (χ0) is 26.0. The molecule has 0 bridgehead atoms. The van der Waals surface area contributed by atoms with Crippen molar-refractivity contribution in [3.05, 3.63) is 77.5 Å². The Kier molecular flexibility index (Phi) is 7.24. The zero-order valence-electron chi connectivity index (χ0n) is 20.7. The summed E-state index contributed by atoms with van der Waals surface area (Å²) in [6.07, 6.45) is -1.32. The molecule has 2 atom stereocenters. The number of methoxy groups -OCH3 is 1. The van der Waals surface area contributed by atoms with Crippen LogP contribution in [0, 0.1) is 5.92 Å². The number of rotatable bonds is 7. The Morgan fingerprint density at radius 1 is 1.08 bits per heavy atom. The molecular weight excluding hydrogens is 481 g/mol. The number of Topliss-reactive ketones (excluding diaryl/α,β-unsaturated/α-hetero) is 1. The van der Waals surface area contributed by atoms with Crippen LogP contribution < -0.4 is 10.1 Å². The third-order valence-electron chi connectivity index (χ3n) is 7.49. The van der Waals surface area contributed by atoms with Gasteiger partial charge in [0.25, 0.3) is 0 Å². The molecule has 0 aliphatic carbocycles. The van der Waals surface area contributed by atoms with E-state index in [0.29, 0.717) is 17.7 Å². The highest BCUT2D eigenvalue weighted by atomic mass is 19.4. The number of fused-ring (bicyclic) bond motifs is 1. The Balaban J connectivity index is 1.28. The summed E-state index contributed by atoms with van der Waals surface area (Å²) in [5.41, 5.74) is 2.20. The largest absolute Gasteiger partial charge is 0.497 e. The Hall–Kier alpha value is -3.33. The van der Waals surface area contributed by atoms with Crippen molar-refractivity contribution in [1.82, 2.24) is 14.7 Å². The van der Waals surface area contributed by atoms with Gasteiger partial charge in [-0.05, 0) is 55.1 Å². The van der Waals surface area contributed by atoms with Gasteiger partial charge in [0.2, 0.25) is 0 Å². The summed E-state index contributed by atoms with van der Waals surface area (Å²) in [6.45, 7) is 2.67. The number of benzene rings is 2. The number of ketones is 1. The van der Waals surface area contributed by atoms with Gasteiger partial charge in [0.15, 0.2) is 11.8 Å². The summed E-state index contributed by atoms with van der Waals surface area (Å²) in [7, 11) is 1.54. The van der Waals surface area contributed by atoms with Gasteiger partial charge < -0.3 is 10.1 Å². The lowest BCUT2D eigenvalue weighted by molar-refractivity contribution is -0.173. The van der Waals surface area contributed by atoms with Gasteiger partial charge in [-0.15, -0.1) is 0 Å². The Morgan fingerprint density at radius 3 is 2.43 bits per heavy atom. The first kappa shape index (κ1) is 25.3. The summed E-state index contributed by atoms with van der Waals surface area (Å²) in [6, 6.07) is 14.8. The lowest BCUT2D eigenvalue weighted by Crippen LogP contribution is -2.36. The Morgan fingerprint density at radius 2 is 1.78 bits per heavy atom.